The molecule has 0 aliphatic rings. The number of esters is 1. The van der Waals surface area contributed by atoms with Crippen molar-refractivity contribution in [2.45, 2.75) is 18.4 Å². The molecule has 4 rings (SSSR count). The topological polar surface area (TPSA) is 85.8 Å². The van der Waals surface area contributed by atoms with Gasteiger partial charge in [0.2, 0.25) is 0 Å². The van der Waals surface area contributed by atoms with E-state index in [1.807, 2.05) is 23.6 Å². The molecular weight excluding hydrogens is 484 g/mol. The summed E-state index contributed by atoms with van der Waals surface area (Å²) in [5.41, 5.74) is 2.53. The molecule has 0 spiro atoms. The molecule has 2 heterocycles. The zero-order valence-electron chi connectivity index (χ0n) is 19.5. The number of benzene rings is 2. The van der Waals surface area contributed by atoms with E-state index >= 15 is 0 Å². The summed E-state index contributed by atoms with van der Waals surface area (Å²) in [6.45, 7) is 1.77. The Morgan fingerprint density at radius 3 is 2.43 bits per heavy atom. The van der Waals surface area contributed by atoms with Crippen molar-refractivity contribution in [1.82, 2.24) is 4.98 Å². The minimum Gasteiger partial charge on any atom is -0.497 e. The average Bonchev–Trinajstić information content (AvgIpc) is 3.42. The quantitative estimate of drug-likeness (QED) is 0.300. The summed E-state index contributed by atoms with van der Waals surface area (Å²) in [6.07, 6.45) is 3.22. The highest BCUT2D eigenvalue weighted by Crippen LogP contribution is 2.37. The summed E-state index contributed by atoms with van der Waals surface area (Å²) < 4.78 is 39.4. The van der Waals surface area contributed by atoms with Crippen molar-refractivity contribution in [3.63, 3.8) is 0 Å². The van der Waals surface area contributed by atoms with Gasteiger partial charge >= 0.3 is 5.97 Å². The number of aromatic nitrogens is 1. The predicted molar refractivity (Wildman–Crippen MR) is 136 cm³/mol. The van der Waals surface area contributed by atoms with Crippen LogP contribution in [0.15, 0.2) is 83.3 Å². The highest BCUT2D eigenvalue weighted by molar-refractivity contribution is 7.92. The molecule has 0 aliphatic carbocycles. The molecule has 0 unspecified atom stereocenters. The van der Waals surface area contributed by atoms with Gasteiger partial charge in [-0.2, -0.15) is 0 Å². The summed E-state index contributed by atoms with van der Waals surface area (Å²) in [7, 11) is -1.29. The Hall–Kier alpha value is -3.69. The molecule has 0 aliphatic heterocycles. The summed E-state index contributed by atoms with van der Waals surface area (Å²) >= 11 is 1.53. The van der Waals surface area contributed by atoms with Gasteiger partial charge in [0.05, 0.1) is 36.9 Å². The lowest BCUT2D eigenvalue weighted by atomic mass is 10.0. The van der Waals surface area contributed by atoms with Crippen molar-refractivity contribution >= 4 is 33.0 Å². The number of aryl methyl sites for hydroxylation is 1. The molecule has 0 bridgehead atoms. The van der Waals surface area contributed by atoms with Crippen LogP contribution < -0.4 is 9.04 Å². The van der Waals surface area contributed by atoms with Crippen LogP contribution in [0.1, 0.15) is 21.5 Å². The second kappa shape index (κ2) is 10.3. The number of methoxy groups -OCH3 is 2. The van der Waals surface area contributed by atoms with E-state index in [-0.39, 0.29) is 22.7 Å². The second-order valence-electron chi connectivity index (χ2n) is 7.71. The molecular formula is C26H24N2O5S2. The van der Waals surface area contributed by atoms with E-state index < -0.39 is 16.0 Å². The average molecular weight is 509 g/mol. The summed E-state index contributed by atoms with van der Waals surface area (Å²) in [5, 5.41) is 1.94. The molecule has 9 heteroatoms. The van der Waals surface area contributed by atoms with Crippen molar-refractivity contribution in [3.05, 3.63) is 95.1 Å². The van der Waals surface area contributed by atoms with E-state index in [1.54, 1.807) is 49.6 Å². The van der Waals surface area contributed by atoms with Crippen LogP contribution in [0, 0.1) is 6.92 Å². The fourth-order valence-corrected chi connectivity index (χ4v) is 6.03. The standard InChI is InChI=1S/C26H24N2O5S2/c1-18-14-20(24-7-5-13-34-24)15-23(26(29)33-3)25(18)28(17-19-6-4-12-27-16-19)35(30,31)22-10-8-21(32-2)9-11-22/h4-16H,17H2,1-3H3. The molecule has 2 aromatic carbocycles. The highest BCUT2D eigenvalue weighted by Gasteiger charge is 2.31. The Morgan fingerprint density at radius 2 is 1.83 bits per heavy atom. The van der Waals surface area contributed by atoms with Crippen LogP contribution in [0.5, 0.6) is 5.75 Å². The lowest BCUT2D eigenvalue weighted by molar-refractivity contribution is 0.0601. The van der Waals surface area contributed by atoms with Gasteiger partial charge in [0, 0.05) is 17.3 Å². The van der Waals surface area contributed by atoms with Crippen molar-refractivity contribution in [2.24, 2.45) is 0 Å². The minimum absolute atomic E-state index is 0.0224. The number of hydrogen-bond acceptors (Lipinski definition) is 7. The first-order chi connectivity index (χ1) is 16.8. The number of hydrogen-bond donors (Lipinski definition) is 0. The van der Waals surface area contributed by atoms with Crippen molar-refractivity contribution in [3.8, 4) is 16.2 Å². The molecule has 0 saturated heterocycles. The van der Waals surface area contributed by atoms with Crippen molar-refractivity contribution in [1.29, 1.82) is 0 Å². The van der Waals surface area contributed by atoms with Gasteiger partial charge < -0.3 is 9.47 Å². The smallest absolute Gasteiger partial charge is 0.340 e. The van der Waals surface area contributed by atoms with E-state index in [0.29, 0.717) is 16.9 Å². The SMILES string of the molecule is COC(=O)c1cc(-c2cccs2)cc(C)c1N(Cc1cccnc1)S(=O)(=O)c1ccc(OC)cc1. The normalized spacial score (nSPS) is 11.2. The Bertz CT molecular complexity index is 1420. The number of ether oxygens (including phenoxy) is 2. The summed E-state index contributed by atoms with van der Waals surface area (Å²) in [6, 6.07) is 17.1. The van der Waals surface area contributed by atoms with E-state index in [9.17, 15) is 13.2 Å². The van der Waals surface area contributed by atoms with E-state index in [0.717, 1.165) is 10.4 Å². The molecule has 0 saturated carbocycles. The number of rotatable bonds is 8. The maximum atomic E-state index is 14.0. The lowest BCUT2D eigenvalue weighted by Crippen LogP contribution is -2.33. The number of nitrogens with zero attached hydrogens (tertiary/aromatic N) is 2. The molecule has 0 N–H and O–H groups in total. The zero-order chi connectivity index (χ0) is 25.0. The van der Waals surface area contributed by atoms with Crippen LogP contribution in [0.4, 0.5) is 5.69 Å². The third-order valence-electron chi connectivity index (χ3n) is 5.46. The third-order valence-corrected chi connectivity index (χ3v) is 8.14. The van der Waals surface area contributed by atoms with Crippen LogP contribution >= 0.6 is 11.3 Å². The lowest BCUT2D eigenvalue weighted by Gasteiger charge is -2.28. The fourth-order valence-electron chi connectivity index (χ4n) is 3.78. The first-order valence-electron chi connectivity index (χ1n) is 10.7. The molecule has 0 atom stereocenters. The first kappa shape index (κ1) is 24.4. The molecule has 0 amide bonds. The summed E-state index contributed by atoms with van der Waals surface area (Å²) in [5.74, 6) is -0.0860. The summed E-state index contributed by atoms with van der Waals surface area (Å²) in [4.78, 5) is 18.1. The zero-order valence-corrected chi connectivity index (χ0v) is 21.1. The first-order valence-corrected chi connectivity index (χ1v) is 13.0. The third kappa shape index (κ3) is 5.06. The Kier molecular flexibility index (Phi) is 7.18. The number of carbonyl (C=O) groups is 1. The largest absolute Gasteiger partial charge is 0.497 e. The van der Waals surface area contributed by atoms with Gasteiger partial charge in [-0.15, -0.1) is 11.3 Å². The van der Waals surface area contributed by atoms with Crippen molar-refractivity contribution < 1.29 is 22.7 Å². The van der Waals surface area contributed by atoms with Gasteiger partial charge in [0.15, 0.2) is 0 Å². The number of carbonyl (C=O) groups excluding carboxylic acids is 1. The molecule has 7 nitrogen and oxygen atoms in total. The van der Waals surface area contributed by atoms with Gasteiger partial charge in [0.1, 0.15) is 5.75 Å². The molecule has 180 valence electrons. The molecule has 0 radical (unpaired) electrons. The molecule has 2 aromatic heterocycles. The molecule has 4 aromatic rings. The van der Waals surface area contributed by atoms with E-state index in [2.05, 4.69) is 4.98 Å². The van der Waals surface area contributed by atoms with Crippen LogP contribution in [0.2, 0.25) is 0 Å². The van der Waals surface area contributed by atoms with Crippen LogP contribution in [-0.2, 0) is 21.3 Å². The Balaban J connectivity index is 1.94. The van der Waals surface area contributed by atoms with E-state index in [1.165, 1.54) is 42.0 Å². The van der Waals surface area contributed by atoms with Gasteiger partial charge in [0.25, 0.3) is 10.0 Å². The van der Waals surface area contributed by atoms with Gasteiger partial charge in [-0.05, 0) is 77.5 Å². The van der Waals surface area contributed by atoms with E-state index in [4.69, 9.17) is 9.47 Å². The van der Waals surface area contributed by atoms with Crippen LogP contribution in [-0.4, -0.2) is 33.6 Å². The highest BCUT2D eigenvalue weighted by atomic mass is 32.2. The molecule has 35 heavy (non-hydrogen) atoms. The number of pyridine rings is 1. The van der Waals surface area contributed by atoms with Crippen LogP contribution in [0.3, 0.4) is 0 Å². The second-order valence-corrected chi connectivity index (χ2v) is 10.5. The van der Waals surface area contributed by atoms with Gasteiger partial charge in [-0.25, -0.2) is 13.2 Å². The van der Waals surface area contributed by atoms with Gasteiger partial charge in [-0.1, -0.05) is 12.1 Å². The minimum atomic E-state index is -4.09. The number of anilines is 1. The monoisotopic (exact) mass is 508 g/mol. The molecule has 0 fully saturated rings. The fraction of sp³-hybridized carbons (Fsp3) is 0.154. The number of sulfonamides is 1. The van der Waals surface area contributed by atoms with Crippen LogP contribution in [0.25, 0.3) is 10.4 Å². The predicted octanol–water partition coefficient (Wildman–Crippen LogP) is 5.31. The maximum absolute atomic E-state index is 14.0. The Labute approximate surface area is 208 Å². The van der Waals surface area contributed by atoms with Gasteiger partial charge in [-0.3, -0.25) is 9.29 Å². The maximum Gasteiger partial charge on any atom is 0.340 e. The Morgan fingerprint density at radius 1 is 1.06 bits per heavy atom. The number of thiophene rings is 1. The van der Waals surface area contributed by atoms with Crippen molar-refractivity contribution in [2.75, 3.05) is 18.5 Å².